The first-order valence-electron chi connectivity index (χ1n) is 23.8. The number of carbonyl (C=O) groups excluding carboxylic acids is 4. The molecule has 4 aliphatic rings. The van der Waals surface area contributed by atoms with Crippen molar-refractivity contribution in [1.82, 2.24) is 30.0 Å². The molecular formula is C53H50FN9O7S. The largest absolute Gasteiger partial charge is 0.490 e. The van der Waals surface area contributed by atoms with E-state index in [1.165, 1.54) is 22.1 Å². The molecule has 2 saturated heterocycles. The zero-order valence-corrected chi connectivity index (χ0v) is 39.9. The normalized spacial score (nSPS) is 18.0. The van der Waals surface area contributed by atoms with Gasteiger partial charge in [-0.25, -0.2) is 19.2 Å². The smallest absolute Gasteiger partial charge is 0.355 e. The number of aromatic nitrogens is 4. The number of nitrogens with one attached hydrogen (secondary N) is 3. The molecule has 71 heavy (non-hydrogen) atoms. The van der Waals surface area contributed by atoms with Crippen molar-refractivity contribution in [3.05, 3.63) is 124 Å². The molecule has 1 atom stereocenters. The number of carboxylic acid groups (broad SMARTS) is 1. The van der Waals surface area contributed by atoms with Gasteiger partial charge in [-0.3, -0.25) is 39.4 Å². The Kier molecular flexibility index (Phi) is 11.8. The zero-order chi connectivity index (χ0) is 49.1. The quantitative estimate of drug-likeness (QED) is 0.0913. The molecule has 4 amide bonds. The molecule has 7 aromatic rings. The van der Waals surface area contributed by atoms with E-state index < -0.39 is 23.6 Å². The summed E-state index contributed by atoms with van der Waals surface area (Å²) in [6.45, 7) is 4.50. The summed E-state index contributed by atoms with van der Waals surface area (Å²) < 4.78 is 24.6. The number of rotatable bonds is 11. The van der Waals surface area contributed by atoms with Gasteiger partial charge in [0.15, 0.2) is 16.6 Å². The predicted octanol–water partition coefficient (Wildman–Crippen LogP) is 7.99. The van der Waals surface area contributed by atoms with Crippen molar-refractivity contribution in [2.75, 3.05) is 41.7 Å². The van der Waals surface area contributed by atoms with Crippen LogP contribution in [0.25, 0.3) is 32.2 Å². The Balaban J connectivity index is 0.685. The summed E-state index contributed by atoms with van der Waals surface area (Å²) in [4.78, 5) is 77.2. The van der Waals surface area contributed by atoms with E-state index >= 15 is 4.39 Å². The van der Waals surface area contributed by atoms with Crippen molar-refractivity contribution in [2.24, 2.45) is 12.5 Å². The number of anilines is 3. The highest BCUT2D eigenvalue weighted by Crippen LogP contribution is 2.50. The first-order chi connectivity index (χ1) is 34.3. The molecule has 4 aromatic carbocycles. The average molecular weight is 976 g/mol. The highest BCUT2D eigenvalue weighted by Gasteiger charge is 2.47. The molecule has 18 heteroatoms. The van der Waals surface area contributed by atoms with Gasteiger partial charge in [0.2, 0.25) is 17.7 Å². The van der Waals surface area contributed by atoms with Crippen LogP contribution in [0.3, 0.4) is 0 Å². The number of piperidine rings is 2. The summed E-state index contributed by atoms with van der Waals surface area (Å²) in [7, 11) is 1.59. The van der Waals surface area contributed by atoms with Gasteiger partial charge >= 0.3 is 5.97 Å². The van der Waals surface area contributed by atoms with Gasteiger partial charge in [0.05, 0.1) is 40.2 Å². The monoisotopic (exact) mass is 975 g/mol. The van der Waals surface area contributed by atoms with E-state index in [2.05, 4.69) is 30.9 Å². The number of carbonyl (C=O) groups is 5. The van der Waals surface area contributed by atoms with Gasteiger partial charge in [-0.05, 0) is 141 Å². The molecule has 362 valence electrons. The summed E-state index contributed by atoms with van der Waals surface area (Å²) in [5, 5.41) is 23.9. The lowest BCUT2D eigenvalue weighted by molar-refractivity contribution is -0.134. The highest BCUT2D eigenvalue weighted by atomic mass is 32.1. The number of likely N-dealkylation sites (tertiary alicyclic amines) is 1. The minimum atomic E-state index is -1.14. The van der Waals surface area contributed by atoms with Crippen LogP contribution in [0.5, 0.6) is 5.75 Å². The van der Waals surface area contributed by atoms with Crippen LogP contribution in [-0.2, 0) is 34.4 Å². The lowest BCUT2D eigenvalue weighted by atomic mass is 9.61. The topological polar surface area (TPSA) is 201 Å². The number of benzene rings is 4. The van der Waals surface area contributed by atoms with E-state index in [-0.39, 0.29) is 59.1 Å². The number of carboxylic acids is 1. The number of para-hydroxylation sites is 1. The first-order valence-corrected chi connectivity index (χ1v) is 24.7. The molecule has 6 heterocycles. The molecule has 16 nitrogen and oxygen atoms in total. The van der Waals surface area contributed by atoms with Crippen LogP contribution < -0.4 is 25.6 Å². The van der Waals surface area contributed by atoms with Crippen molar-refractivity contribution in [2.45, 2.75) is 70.4 Å². The SMILES string of the molecule is Cc1cc(OC2CC3(CCN(CC(=O)Nc4ccc5c(C6CCC(=O)NC6=O)nn(C)c5c4F)CC3)C2)ccc1-c1ccc(N2CCc3cccc(C(=O)Nc4nc5ccccc5s4)c3C2)nc1C(=O)O. The number of pyridine rings is 1. The number of thiazole rings is 1. The maximum absolute atomic E-state index is 15.8. The summed E-state index contributed by atoms with van der Waals surface area (Å²) in [6, 6.07) is 26.0. The summed E-state index contributed by atoms with van der Waals surface area (Å²) in [5.74, 6) is -2.57. The molecule has 3 aromatic heterocycles. The van der Waals surface area contributed by atoms with Crippen molar-refractivity contribution in [3.8, 4) is 16.9 Å². The maximum Gasteiger partial charge on any atom is 0.355 e. The second kappa shape index (κ2) is 18.3. The fourth-order valence-corrected chi connectivity index (χ4v) is 11.8. The van der Waals surface area contributed by atoms with Crippen LogP contribution in [0.4, 0.5) is 21.0 Å². The Morgan fingerprint density at radius 3 is 2.51 bits per heavy atom. The van der Waals surface area contributed by atoms with Crippen molar-refractivity contribution < 1.29 is 38.2 Å². The van der Waals surface area contributed by atoms with Crippen molar-refractivity contribution in [3.63, 3.8) is 0 Å². The molecular weight excluding hydrogens is 926 g/mol. The van der Waals surface area contributed by atoms with Gasteiger partial charge in [-0.15, -0.1) is 0 Å². The molecule has 0 radical (unpaired) electrons. The fraction of sp³-hybridized carbons (Fsp3) is 0.321. The van der Waals surface area contributed by atoms with E-state index in [4.69, 9.17) is 9.72 Å². The number of fused-ring (bicyclic) bond motifs is 3. The summed E-state index contributed by atoms with van der Waals surface area (Å²) >= 11 is 1.42. The van der Waals surface area contributed by atoms with Crippen LogP contribution in [0, 0.1) is 18.2 Å². The van der Waals surface area contributed by atoms with Crippen LogP contribution in [0.1, 0.15) is 87.7 Å². The number of imide groups is 1. The lowest BCUT2D eigenvalue weighted by Crippen LogP contribution is -2.51. The number of aromatic carboxylic acids is 1. The van der Waals surface area contributed by atoms with Crippen LogP contribution >= 0.6 is 11.3 Å². The van der Waals surface area contributed by atoms with Crippen LogP contribution in [0.2, 0.25) is 0 Å². The first kappa shape index (κ1) is 45.8. The third-order valence-corrected chi connectivity index (χ3v) is 15.6. The minimum absolute atomic E-state index is 0.0276. The van der Waals surface area contributed by atoms with Gasteiger partial charge in [-0.2, -0.15) is 5.10 Å². The summed E-state index contributed by atoms with van der Waals surface area (Å²) in [5.41, 5.74) is 6.08. The number of halogens is 1. The highest BCUT2D eigenvalue weighted by molar-refractivity contribution is 7.22. The number of hydrogen-bond acceptors (Lipinski definition) is 12. The van der Waals surface area contributed by atoms with E-state index in [0.29, 0.717) is 64.8 Å². The average Bonchev–Trinajstić information content (AvgIpc) is 3.91. The Bertz CT molecular complexity index is 3300. The predicted molar refractivity (Wildman–Crippen MR) is 266 cm³/mol. The maximum atomic E-state index is 15.8. The Labute approximate surface area is 411 Å². The van der Waals surface area contributed by atoms with Crippen molar-refractivity contribution >= 4 is 78.7 Å². The molecule has 1 saturated carbocycles. The molecule has 1 spiro atoms. The van der Waals surface area contributed by atoms with Gasteiger partial charge in [0.25, 0.3) is 5.91 Å². The third kappa shape index (κ3) is 8.86. The Morgan fingerprint density at radius 2 is 1.73 bits per heavy atom. The number of ether oxygens (including phenoxy) is 1. The number of hydrogen-bond donors (Lipinski definition) is 4. The fourth-order valence-electron chi connectivity index (χ4n) is 10.9. The minimum Gasteiger partial charge on any atom is -0.490 e. The molecule has 1 unspecified atom stereocenters. The molecule has 1 aliphatic carbocycles. The van der Waals surface area contributed by atoms with Crippen LogP contribution in [-0.4, -0.2) is 91.6 Å². The molecule has 3 fully saturated rings. The number of amides is 4. The van der Waals surface area contributed by atoms with Crippen LogP contribution in [0.15, 0.2) is 84.9 Å². The zero-order valence-electron chi connectivity index (χ0n) is 39.1. The van der Waals surface area contributed by atoms with Crippen molar-refractivity contribution in [1.29, 1.82) is 0 Å². The lowest BCUT2D eigenvalue weighted by Gasteiger charge is -2.51. The Hall–Kier alpha value is -7.57. The number of nitrogens with zero attached hydrogens (tertiary/aromatic N) is 6. The standard InChI is InChI=1S/C53H50FN9O7S/c1-29-24-31(70-32-25-53(26-32)19-22-62(23-20-53)28-44(65)55-40-15-12-36-46(60-61(2)48(36)45(40)54)37-14-17-43(64)58-50(37)67)10-11-33(29)34-13-16-42(57-47(34)51(68)69)63-21-18-30-6-5-7-35(38(30)27-63)49(66)59-52-56-39-8-3-4-9-41(39)71-52/h3-13,15-16,24,32,37H,14,17-23,25-28H2,1-2H3,(H,55,65)(H,68,69)(H,56,59,66)(H,58,64,67). The molecule has 3 aliphatic heterocycles. The van der Waals surface area contributed by atoms with Gasteiger partial charge in [0, 0.05) is 43.1 Å². The van der Waals surface area contributed by atoms with Gasteiger partial charge < -0.3 is 20.1 Å². The van der Waals surface area contributed by atoms with Gasteiger partial charge in [0.1, 0.15) is 17.1 Å². The second-order valence-corrected chi connectivity index (χ2v) is 20.2. The van der Waals surface area contributed by atoms with Gasteiger partial charge in [-0.1, -0.05) is 41.7 Å². The van der Waals surface area contributed by atoms with E-state index in [9.17, 15) is 29.1 Å². The molecule has 11 rings (SSSR count). The van der Waals surface area contributed by atoms with E-state index in [1.807, 2.05) is 84.6 Å². The molecule has 0 bridgehead atoms. The number of aryl methyl sites for hydroxylation is 2. The molecule has 4 N–H and O–H groups in total. The second-order valence-electron chi connectivity index (χ2n) is 19.2. The summed E-state index contributed by atoms with van der Waals surface area (Å²) in [6.07, 6.45) is 4.75. The third-order valence-electron chi connectivity index (χ3n) is 14.7. The Morgan fingerprint density at radius 1 is 0.930 bits per heavy atom. The van der Waals surface area contributed by atoms with E-state index in [0.717, 1.165) is 71.2 Å². The van der Waals surface area contributed by atoms with E-state index in [1.54, 1.807) is 13.1 Å².